The molecule has 2 aliphatic heterocycles. The van der Waals surface area contributed by atoms with Gasteiger partial charge in [-0.1, -0.05) is 24.6 Å². The quantitative estimate of drug-likeness (QED) is 0.734. The Kier molecular flexibility index (Phi) is 4.52. The lowest BCUT2D eigenvalue weighted by molar-refractivity contribution is -0.135. The van der Waals surface area contributed by atoms with Gasteiger partial charge in [0.15, 0.2) is 0 Å². The molecule has 5 rings (SSSR count). The standard InChI is InChI=1S/C20H26N6O2/c27-19(17-15-7-4-8-16(15)21-22-17)25-11-9-13(10-12-25)18-23-24-20(28)26(18)14-5-2-1-3-6-14/h1-3,5-6,13,15-17,21-22H,4,7-12H2,(H,24,28). The highest BCUT2D eigenvalue weighted by atomic mass is 16.2. The number of hydrogen-bond donors (Lipinski definition) is 3. The Morgan fingerprint density at radius 1 is 1.04 bits per heavy atom. The lowest BCUT2D eigenvalue weighted by Crippen LogP contribution is -2.50. The minimum atomic E-state index is -0.215. The second-order valence-electron chi connectivity index (χ2n) is 8.13. The number of rotatable bonds is 3. The van der Waals surface area contributed by atoms with E-state index in [4.69, 9.17) is 0 Å². The first-order chi connectivity index (χ1) is 13.7. The highest BCUT2D eigenvalue weighted by Crippen LogP contribution is 2.33. The molecule has 1 aromatic heterocycles. The molecule has 3 heterocycles. The molecule has 3 fully saturated rings. The number of nitrogens with zero attached hydrogens (tertiary/aromatic N) is 3. The monoisotopic (exact) mass is 382 g/mol. The summed E-state index contributed by atoms with van der Waals surface area (Å²) >= 11 is 0. The maximum atomic E-state index is 13.0. The number of piperidine rings is 1. The number of fused-ring (bicyclic) bond motifs is 1. The summed E-state index contributed by atoms with van der Waals surface area (Å²) in [4.78, 5) is 27.3. The van der Waals surface area contributed by atoms with Gasteiger partial charge in [0.1, 0.15) is 11.9 Å². The predicted molar refractivity (Wildman–Crippen MR) is 104 cm³/mol. The van der Waals surface area contributed by atoms with Crippen molar-refractivity contribution in [1.82, 2.24) is 30.5 Å². The molecule has 0 spiro atoms. The van der Waals surface area contributed by atoms with Crippen LogP contribution in [0.3, 0.4) is 0 Å². The molecule has 2 saturated heterocycles. The molecule has 148 valence electrons. The molecule has 8 nitrogen and oxygen atoms in total. The minimum absolute atomic E-state index is 0.100. The van der Waals surface area contributed by atoms with Gasteiger partial charge in [-0.25, -0.2) is 19.9 Å². The fourth-order valence-electron chi connectivity index (χ4n) is 5.08. The van der Waals surface area contributed by atoms with Gasteiger partial charge in [0.2, 0.25) is 5.91 Å². The number of hydrazine groups is 1. The fourth-order valence-corrected chi connectivity index (χ4v) is 5.08. The van der Waals surface area contributed by atoms with Gasteiger partial charge >= 0.3 is 5.69 Å². The third-order valence-electron chi connectivity index (χ3n) is 6.57. The van der Waals surface area contributed by atoms with Crippen molar-refractivity contribution in [2.45, 2.75) is 50.1 Å². The van der Waals surface area contributed by atoms with Crippen molar-refractivity contribution in [2.24, 2.45) is 5.92 Å². The Balaban J connectivity index is 1.28. The average Bonchev–Trinajstić information content (AvgIpc) is 3.44. The van der Waals surface area contributed by atoms with Crippen LogP contribution in [0.1, 0.15) is 43.8 Å². The molecule has 8 heteroatoms. The molecule has 1 aliphatic carbocycles. The van der Waals surface area contributed by atoms with Crippen LogP contribution in [-0.4, -0.2) is 50.7 Å². The van der Waals surface area contributed by atoms with Crippen molar-refractivity contribution in [3.63, 3.8) is 0 Å². The molecule has 3 unspecified atom stereocenters. The third-order valence-corrected chi connectivity index (χ3v) is 6.57. The smallest absolute Gasteiger partial charge is 0.341 e. The molecule has 0 bridgehead atoms. The van der Waals surface area contributed by atoms with Crippen LogP contribution in [-0.2, 0) is 4.79 Å². The zero-order valence-electron chi connectivity index (χ0n) is 15.8. The third kappa shape index (κ3) is 2.97. The van der Waals surface area contributed by atoms with Crippen molar-refractivity contribution in [1.29, 1.82) is 0 Å². The zero-order valence-corrected chi connectivity index (χ0v) is 15.8. The van der Waals surface area contributed by atoms with Gasteiger partial charge < -0.3 is 4.90 Å². The van der Waals surface area contributed by atoms with Gasteiger partial charge in [-0.2, -0.15) is 5.10 Å². The Hall–Kier alpha value is -2.45. The lowest BCUT2D eigenvalue weighted by Gasteiger charge is -2.34. The summed E-state index contributed by atoms with van der Waals surface area (Å²) < 4.78 is 1.66. The second kappa shape index (κ2) is 7.18. The van der Waals surface area contributed by atoms with E-state index in [1.54, 1.807) is 4.57 Å². The summed E-state index contributed by atoms with van der Waals surface area (Å²) in [7, 11) is 0. The second-order valence-corrected chi connectivity index (χ2v) is 8.13. The van der Waals surface area contributed by atoms with Gasteiger partial charge in [0.05, 0.1) is 5.69 Å². The van der Waals surface area contributed by atoms with Crippen molar-refractivity contribution in [2.75, 3.05) is 13.1 Å². The summed E-state index contributed by atoms with van der Waals surface area (Å²) in [6.07, 6.45) is 5.11. The van der Waals surface area contributed by atoms with Gasteiger partial charge in [0, 0.05) is 31.0 Å². The first kappa shape index (κ1) is 17.6. The van der Waals surface area contributed by atoms with Gasteiger partial charge in [-0.05, 0) is 37.8 Å². The molecule has 3 N–H and O–H groups in total. The minimum Gasteiger partial charge on any atom is -0.341 e. The van der Waals surface area contributed by atoms with Crippen LogP contribution in [0.2, 0.25) is 0 Å². The maximum Gasteiger partial charge on any atom is 0.347 e. The Morgan fingerprint density at radius 3 is 2.61 bits per heavy atom. The van der Waals surface area contributed by atoms with E-state index in [9.17, 15) is 9.59 Å². The van der Waals surface area contributed by atoms with E-state index in [0.717, 1.165) is 37.2 Å². The van der Waals surface area contributed by atoms with Crippen LogP contribution in [0.5, 0.6) is 0 Å². The fraction of sp³-hybridized carbons (Fsp3) is 0.550. The van der Waals surface area contributed by atoms with Crippen LogP contribution in [0.25, 0.3) is 5.69 Å². The summed E-state index contributed by atoms with van der Waals surface area (Å²) in [6.45, 7) is 1.41. The van der Waals surface area contributed by atoms with Crippen LogP contribution in [0, 0.1) is 5.92 Å². The number of amides is 1. The first-order valence-electron chi connectivity index (χ1n) is 10.2. The number of para-hydroxylation sites is 1. The van der Waals surface area contributed by atoms with Gasteiger partial charge in [-0.15, -0.1) is 0 Å². The van der Waals surface area contributed by atoms with Crippen molar-refractivity contribution in [3.8, 4) is 5.69 Å². The number of aromatic amines is 1. The van der Waals surface area contributed by atoms with Crippen LogP contribution in [0.4, 0.5) is 0 Å². The topological polar surface area (TPSA) is 95.1 Å². The van der Waals surface area contributed by atoms with E-state index in [1.807, 2.05) is 35.2 Å². The molecular weight excluding hydrogens is 356 g/mol. The van der Waals surface area contributed by atoms with Gasteiger partial charge in [0.25, 0.3) is 0 Å². The Bertz CT molecular complexity index is 899. The van der Waals surface area contributed by atoms with E-state index in [-0.39, 0.29) is 23.6 Å². The molecule has 3 aliphatic rings. The number of hydrogen-bond acceptors (Lipinski definition) is 5. The highest BCUT2D eigenvalue weighted by Gasteiger charge is 2.44. The van der Waals surface area contributed by atoms with Crippen molar-refractivity contribution in [3.05, 3.63) is 46.6 Å². The number of likely N-dealkylation sites (tertiary alicyclic amines) is 1. The van der Waals surface area contributed by atoms with Gasteiger partial charge in [-0.3, -0.25) is 10.2 Å². The number of nitrogens with one attached hydrogen (secondary N) is 3. The zero-order chi connectivity index (χ0) is 19.1. The average molecular weight is 382 g/mol. The number of carbonyl (C=O) groups excluding carboxylic acids is 1. The normalized spacial score (nSPS) is 27.9. The molecule has 2 aromatic rings. The number of aromatic nitrogens is 3. The van der Waals surface area contributed by atoms with E-state index >= 15 is 0 Å². The number of carbonyl (C=O) groups is 1. The predicted octanol–water partition coefficient (Wildman–Crippen LogP) is 0.912. The molecule has 3 atom stereocenters. The SMILES string of the molecule is O=C(C1NNC2CCCC21)N1CCC(c2n[nH]c(=O)n2-c2ccccc2)CC1. The molecule has 1 amide bonds. The Labute approximate surface area is 163 Å². The Morgan fingerprint density at radius 2 is 1.82 bits per heavy atom. The highest BCUT2D eigenvalue weighted by molar-refractivity contribution is 5.82. The van der Waals surface area contributed by atoms with Crippen molar-refractivity contribution >= 4 is 5.91 Å². The first-order valence-corrected chi connectivity index (χ1v) is 10.2. The summed E-state index contributed by atoms with van der Waals surface area (Å²) in [6, 6.07) is 9.93. The van der Waals surface area contributed by atoms with E-state index in [1.165, 1.54) is 6.42 Å². The maximum absolute atomic E-state index is 13.0. The summed E-state index contributed by atoms with van der Waals surface area (Å²) in [5, 5.41) is 6.90. The van der Waals surface area contributed by atoms with Crippen LogP contribution in [0.15, 0.2) is 35.1 Å². The molecule has 1 saturated carbocycles. The molecular formula is C20H26N6O2. The van der Waals surface area contributed by atoms with Crippen LogP contribution >= 0.6 is 0 Å². The van der Waals surface area contributed by atoms with E-state index in [2.05, 4.69) is 21.0 Å². The van der Waals surface area contributed by atoms with E-state index in [0.29, 0.717) is 25.0 Å². The number of benzene rings is 1. The lowest BCUT2D eigenvalue weighted by atomic mass is 9.92. The summed E-state index contributed by atoms with van der Waals surface area (Å²) in [5.74, 6) is 1.56. The van der Waals surface area contributed by atoms with Crippen LogP contribution < -0.4 is 16.5 Å². The molecule has 1 aromatic carbocycles. The largest absolute Gasteiger partial charge is 0.347 e. The van der Waals surface area contributed by atoms with Crippen molar-refractivity contribution < 1.29 is 4.79 Å². The summed E-state index contributed by atoms with van der Waals surface area (Å²) in [5.41, 5.74) is 7.14. The van der Waals surface area contributed by atoms with E-state index < -0.39 is 0 Å². The molecule has 28 heavy (non-hydrogen) atoms. The number of H-pyrrole nitrogens is 1. The molecule has 0 radical (unpaired) electrons.